The first-order valence-electron chi connectivity index (χ1n) is 12.2. The Morgan fingerprint density at radius 2 is 1.89 bits per heavy atom. The standard InChI is InChI=1S/C25H31N5O5S/c1-25(2,3)35-24(32)17-11-13-29(15-17)36(33,34)19-8-6-18(7-9-19)27-22-21-20(10-12-26-23(21)31)30(28-22)14-16-4-5-16/h6-10,12,16-17H,4-5,11,13-15H2,1-3H3,(H,26,31)(H,27,28). The number of pyridine rings is 1. The number of ether oxygens (including phenoxy) is 1. The van der Waals surface area contributed by atoms with Gasteiger partial charge in [-0.05, 0) is 76.3 Å². The van der Waals surface area contributed by atoms with Crippen LogP contribution in [0.4, 0.5) is 11.5 Å². The van der Waals surface area contributed by atoms with Crippen LogP contribution in [0.5, 0.6) is 0 Å². The van der Waals surface area contributed by atoms with Crippen molar-refractivity contribution in [2.24, 2.45) is 11.8 Å². The lowest BCUT2D eigenvalue weighted by molar-refractivity contribution is -0.159. The molecule has 1 unspecified atom stereocenters. The molecule has 10 nitrogen and oxygen atoms in total. The summed E-state index contributed by atoms with van der Waals surface area (Å²) in [5.74, 6) is 0.174. The molecule has 11 heteroatoms. The van der Waals surface area contributed by atoms with Crippen molar-refractivity contribution in [3.8, 4) is 0 Å². The number of aromatic amines is 1. The molecule has 1 saturated carbocycles. The molecule has 2 aliphatic rings. The van der Waals surface area contributed by atoms with Gasteiger partial charge in [0.2, 0.25) is 10.0 Å². The number of nitrogens with zero attached hydrogens (tertiary/aromatic N) is 3. The van der Waals surface area contributed by atoms with Gasteiger partial charge in [-0.1, -0.05) is 0 Å². The zero-order valence-corrected chi connectivity index (χ0v) is 21.5. The van der Waals surface area contributed by atoms with E-state index in [2.05, 4.69) is 15.4 Å². The van der Waals surface area contributed by atoms with Crippen molar-refractivity contribution in [1.29, 1.82) is 0 Å². The summed E-state index contributed by atoms with van der Waals surface area (Å²) in [4.78, 5) is 27.7. The Bertz CT molecular complexity index is 1450. The second-order valence-corrected chi connectivity index (χ2v) is 12.5. The molecule has 1 aliphatic heterocycles. The molecular weight excluding hydrogens is 482 g/mol. The number of esters is 1. The van der Waals surface area contributed by atoms with E-state index in [0.717, 1.165) is 12.1 Å². The third-order valence-corrected chi connectivity index (χ3v) is 8.33. The zero-order valence-electron chi connectivity index (χ0n) is 20.7. The Labute approximate surface area is 209 Å². The van der Waals surface area contributed by atoms with Gasteiger partial charge in [0.25, 0.3) is 5.56 Å². The average molecular weight is 514 g/mol. The van der Waals surface area contributed by atoms with Crippen molar-refractivity contribution >= 4 is 38.4 Å². The fourth-order valence-electron chi connectivity index (χ4n) is 4.43. The Morgan fingerprint density at radius 1 is 1.17 bits per heavy atom. The van der Waals surface area contributed by atoms with Crippen LogP contribution in [0.15, 0.2) is 46.2 Å². The minimum Gasteiger partial charge on any atom is -0.460 e. The van der Waals surface area contributed by atoms with Gasteiger partial charge < -0.3 is 15.0 Å². The van der Waals surface area contributed by atoms with E-state index in [1.807, 2.05) is 10.7 Å². The molecular formula is C25H31N5O5S. The Hall–Kier alpha value is -3.18. The predicted molar refractivity (Wildman–Crippen MR) is 136 cm³/mol. The fourth-order valence-corrected chi connectivity index (χ4v) is 5.93. The summed E-state index contributed by atoms with van der Waals surface area (Å²) in [5.41, 5.74) is 0.532. The van der Waals surface area contributed by atoms with E-state index in [1.165, 1.54) is 29.3 Å². The highest BCUT2D eigenvalue weighted by Gasteiger charge is 2.37. The van der Waals surface area contributed by atoms with Gasteiger partial charge in [0.1, 0.15) is 11.0 Å². The van der Waals surface area contributed by atoms with Crippen molar-refractivity contribution in [2.75, 3.05) is 18.4 Å². The number of nitrogens with one attached hydrogen (secondary N) is 2. The number of rotatable bonds is 7. The number of carbonyl (C=O) groups excluding carboxylic acids is 1. The van der Waals surface area contributed by atoms with Crippen molar-refractivity contribution in [3.63, 3.8) is 0 Å². The maximum atomic E-state index is 13.2. The lowest BCUT2D eigenvalue weighted by Crippen LogP contribution is -2.33. The molecule has 5 rings (SSSR count). The first-order chi connectivity index (χ1) is 17.0. The van der Waals surface area contributed by atoms with Crippen LogP contribution in [0, 0.1) is 11.8 Å². The number of hydrogen-bond donors (Lipinski definition) is 2. The molecule has 3 aromatic rings. The number of sulfonamides is 1. The molecule has 0 radical (unpaired) electrons. The van der Waals surface area contributed by atoms with Crippen molar-refractivity contribution < 1.29 is 17.9 Å². The third-order valence-electron chi connectivity index (χ3n) is 6.45. The molecule has 0 bridgehead atoms. The van der Waals surface area contributed by atoms with Crippen LogP contribution >= 0.6 is 0 Å². The smallest absolute Gasteiger partial charge is 0.310 e. The highest BCUT2D eigenvalue weighted by Crippen LogP contribution is 2.33. The number of hydrogen-bond acceptors (Lipinski definition) is 7. The molecule has 192 valence electrons. The summed E-state index contributed by atoms with van der Waals surface area (Å²) in [6.45, 7) is 6.50. The van der Waals surface area contributed by atoms with Gasteiger partial charge in [-0.15, -0.1) is 0 Å². The van der Waals surface area contributed by atoms with E-state index < -0.39 is 21.5 Å². The van der Waals surface area contributed by atoms with E-state index in [0.29, 0.717) is 29.2 Å². The minimum absolute atomic E-state index is 0.102. The van der Waals surface area contributed by atoms with Gasteiger partial charge in [0, 0.05) is 31.5 Å². The molecule has 1 saturated heterocycles. The number of H-pyrrole nitrogens is 1. The molecule has 3 heterocycles. The van der Waals surface area contributed by atoms with Crippen LogP contribution in [-0.4, -0.2) is 52.1 Å². The summed E-state index contributed by atoms with van der Waals surface area (Å²) in [5, 5.41) is 8.27. The second kappa shape index (κ2) is 9.04. The molecule has 2 fully saturated rings. The Morgan fingerprint density at radius 3 is 2.56 bits per heavy atom. The van der Waals surface area contributed by atoms with E-state index in [-0.39, 0.29) is 29.5 Å². The molecule has 1 aliphatic carbocycles. The quantitative estimate of drug-likeness (QED) is 0.465. The number of aromatic nitrogens is 3. The molecule has 2 aromatic heterocycles. The van der Waals surface area contributed by atoms with Gasteiger partial charge in [-0.25, -0.2) is 8.42 Å². The van der Waals surface area contributed by atoms with E-state index in [4.69, 9.17) is 4.74 Å². The molecule has 0 amide bonds. The summed E-state index contributed by atoms with van der Waals surface area (Å²) in [6.07, 6.45) is 4.38. The molecule has 1 atom stereocenters. The maximum Gasteiger partial charge on any atom is 0.310 e. The molecule has 2 N–H and O–H groups in total. The predicted octanol–water partition coefficient (Wildman–Crippen LogP) is 3.23. The lowest BCUT2D eigenvalue weighted by Gasteiger charge is -2.22. The van der Waals surface area contributed by atoms with Crippen LogP contribution in [0.25, 0.3) is 10.9 Å². The highest BCUT2D eigenvalue weighted by atomic mass is 32.2. The minimum atomic E-state index is -3.76. The van der Waals surface area contributed by atoms with Crippen molar-refractivity contribution in [2.45, 2.75) is 57.1 Å². The van der Waals surface area contributed by atoms with Crippen LogP contribution < -0.4 is 10.9 Å². The number of carbonyl (C=O) groups is 1. The van der Waals surface area contributed by atoms with E-state index >= 15 is 0 Å². The molecule has 1 aromatic carbocycles. The van der Waals surface area contributed by atoms with Crippen LogP contribution in [0.2, 0.25) is 0 Å². The van der Waals surface area contributed by atoms with E-state index in [1.54, 1.807) is 39.1 Å². The first kappa shape index (κ1) is 24.5. The SMILES string of the molecule is CC(C)(C)OC(=O)C1CCN(S(=O)(=O)c2ccc(Nc3nn(CC4CC4)c4cc[nH]c(=O)c34)cc2)C1. The topological polar surface area (TPSA) is 126 Å². The zero-order chi connectivity index (χ0) is 25.7. The summed E-state index contributed by atoms with van der Waals surface area (Å²) in [7, 11) is -3.76. The maximum absolute atomic E-state index is 13.2. The molecule has 36 heavy (non-hydrogen) atoms. The van der Waals surface area contributed by atoms with Crippen molar-refractivity contribution in [3.05, 3.63) is 46.9 Å². The average Bonchev–Trinajstić information content (AvgIpc) is 3.34. The highest BCUT2D eigenvalue weighted by molar-refractivity contribution is 7.89. The van der Waals surface area contributed by atoms with Crippen molar-refractivity contribution in [1.82, 2.24) is 19.1 Å². The Balaban J connectivity index is 1.32. The number of fused-ring (bicyclic) bond motifs is 1. The monoisotopic (exact) mass is 513 g/mol. The van der Waals surface area contributed by atoms with Crippen LogP contribution in [0.1, 0.15) is 40.0 Å². The third kappa shape index (κ3) is 5.03. The Kier molecular flexibility index (Phi) is 6.16. The second-order valence-electron chi connectivity index (χ2n) is 10.6. The van der Waals surface area contributed by atoms with Crippen LogP contribution in [-0.2, 0) is 26.1 Å². The summed E-state index contributed by atoms with van der Waals surface area (Å²) >= 11 is 0. The van der Waals surface area contributed by atoms with Crippen LogP contribution in [0.3, 0.4) is 0 Å². The lowest BCUT2D eigenvalue weighted by atomic mass is 10.1. The first-order valence-corrected chi connectivity index (χ1v) is 13.6. The fraction of sp³-hybridized carbons (Fsp3) is 0.480. The molecule has 0 spiro atoms. The number of benzene rings is 1. The van der Waals surface area contributed by atoms with Gasteiger partial charge in [-0.2, -0.15) is 9.40 Å². The summed E-state index contributed by atoms with van der Waals surface area (Å²) < 4.78 is 35.0. The van der Waals surface area contributed by atoms with E-state index in [9.17, 15) is 18.0 Å². The van der Waals surface area contributed by atoms with Gasteiger partial charge in [-0.3, -0.25) is 14.3 Å². The van der Waals surface area contributed by atoms with Gasteiger partial charge in [0.15, 0.2) is 5.82 Å². The normalized spacial score (nSPS) is 19.0. The van der Waals surface area contributed by atoms with Gasteiger partial charge in [0.05, 0.1) is 16.3 Å². The largest absolute Gasteiger partial charge is 0.460 e. The number of anilines is 2. The van der Waals surface area contributed by atoms with Gasteiger partial charge >= 0.3 is 5.97 Å². The summed E-state index contributed by atoms with van der Waals surface area (Å²) in [6, 6.07) is 8.18.